The lowest BCUT2D eigenvalue weighted by molar-refractivity contribution is 0.255. The lowest BCUT2D eigenvalue weighted by Crippen LogP contribution is -2.40. The zero-order chi connectivity index (χ0) is 15.9. The van der Waals surface area contributed by atoms with Crippen LogP contribution in [0.4, 0.5) is 0 Å². The molecule has 2 heterocycles. The number of aryl methyl sites for hydroxylation is 1. The molecule has 0 aromatic carbocycles. The Morgan fingerprint density at radius 3 is 2.82 bits per heavy atom. The number of hydrogen-bond acceptors (Lipinski definition) is 5. The Morgan fingerprint density at radius 1 is 1.45 bits per heavy atom. The minimum Gasteiger partial charge on any atom is -0.349 e. The SMILES string of the molecule is CCN(CC)CC1CCN(C(=NC)NCc2noc(C)n2)C1. The van der Waals surface area contributed by atoms with Crippen LogP contribution in [0.1, 0.15) is 32.0 Å². The third-order valence-electron chi connectivity index (χ3n) is 4.18. The van der Waals surface area contributed by atoms with E-state index in [2.05, 4.69) is 44.1 Å². The normalized spacial score (nSPS) is 19.2. The Bertz CT molecular complexity index is 482. The summed E-state index contributed by atoms with van der Waals surface area (Å²) in [5.41, 5.74) is 0. The van der Waals surface area contributed by atoms with E-state index in [-0.39, 0.29) is 0 Å². The van der Waals surface area contributed by atoms with E-state index in [9.17, 15) is 0 Å². The van der Waals surface area contributed by atoms with Crippen LogP contribution in [0.5, 0.6) is 0 Å². The first-order valence-corrected chi connectivity index (χ1v) is 8.13. The van der Waals surface area contributed by atoms with E-state index in [1.807, 2.05) is 7.05 Å². The fourth-order valence-electron chi connectivity index (χ4n) is 2.92. The third-order valence-corrected chi connectivity index (χ3v) is 4.18. The largest absolute Gasteiger partial charge is 0.349 e. The molecule has 1 N–H and O–H groups in total. The molecule has 1 aliphatic heterocycles. The van der Waals surface area contributed by atoms with Gasteiger partial charge in [-0.1, -0.05) is 19.0 Å². The van der Waals surface area contributed by atoms with E-state index in [0.717, 1.165) is 32.1 Å². The Hall–Kier alpha value is -1.63. The molecule has 1 aromatic rings. The van der Waals surface area contributed by atoms with E-state index in [1.54, 1.807) is 6.92 Å². The molecule has 7 heteroatoms. The average molecular weight is 308 g/mol. The van der Waals surface area contributed by atoms with Crippen LogP contribution in [0.15, 0.2) is 9.52 Å². The van der Waals surface area contributed by atoms with Gasteiger partial charge in [0.25, 0.3) is 0 Å². The number of aromatic nitrogens is 2. The molecule has 1 saturated heterocycles. The van der Waals surface area contributed by atoms with Gasteiger partial charge in [-0.05, 0) is 25.4 Å². The molecule has 0 spiro atoms. The second-order valence-electron chi connectivity index (χ2n) is 5.72. The maximum Gasteiger partial charge on any atom is 0.223 e. The van der Waals surface area contributed by atoms with Crippen LogP contribution in [0.25, 0.3) is 0 Å². The van der Waals surface area contributed by atoms with Crippen molar-refractivity contribution in [1.82, 2.24) is 25.3 Å². The minimum atomic E-state index is 0.543. The molecule has 1 unspecified atom stereocenters. The van der Waals surface area contributed by atoms with E-state index < -0.39 is 0 Å². The summed E-state index contributed by atoms with van der Waals surface area (Å²) in [6.45, 7) is 12.3. The van der Waals surface area contributed by atoms with Gasteiger partial charge in [0.15, 0.2) is 11.8 Å². The molecule has 1 aliphatic rings. The van der Waals surface area contributed by atoms with Crippen LogP contribution in [0.3, 0.4) is 0 Å². The Labute approximate surface area is 132 Å². The number of hydrogen-bond donors (Lipinski definition) is 1. The summed E-state index contributed by atoms with van der Waals surface area (Å²) in [6, 6.07) is 0. The number of guanidine groups is 1. The third kappa shape index (κ3) is 4.43. The zero-order valence-electron chi connectivity index (χ0n) is 14.2. The summed E-state index contributed by atoms with van der Waals surface area (Å²) in [6.07, 6.45) is 1.22. The first-order valence-electron chi connectivity index (χ1n) is 8.13. The molecule has 1 fully saturated rings. The highest BCUT2D eigenvalue weighted by molar-refractivity contribution is 5.80. The topological polar surface area (TPSA) is 69.8 Å². The van der Waals surface area contributed by atoms with Crippen molar-refractivity contribution in [2.75, 3.05) is 39.8 Å². The Kier molecular flexibility index (Phi) is 6.18. The van der Waals surface area contributed by atoms with Gasteiger partial charge in [-0.2, -0.15) is 4.98 Å². The minimum absolute atomic E-state index is 0.543. The van der Waals surface area contributed by atoms with Crippen LogP contribution in [0.2, 0.25) is 0 Å². The highest BCUT2D eigenvalue weighted by atomic mass is 16.5. The van der Waals surface area contributed by atoms with Crippen LogP contribution in [-0.4, -0.2) is 65.7 Å². The molecule has 124 valence electrons. The zero-order valence-corrected chi connectivity index (χ0v) is 14.2. The van der Waals surface area contributed by atoms with Crippen molar-refractivity contribution in [3.8, 4) is 0 Å². The molecule has 2 rings (SSSR count). The van der Waals surface area contributed by atoms with Gasteiger partial charge in [-0.15, -0.1) is 0 Å². The molecular weight excluding hydrogens is 280 g/mol. The highest BCUT2D eigenvalue weighted by Crippen LogP contribution is 2.17. The van der Waals surface area contributed by atoms with Gasteiger partial charge in [0, 0.05) is 33.6 Å². The number of likely N-dealkylation sites (tertiary alicyclic amines) is 1. The van der Waals surface area contributed by atoms with Crippen molar-refractivity contribution in [3.63, 3.8) is 0 Å². The van der Waals surface area contributed by atoms with Gasteiger partial charge in [0.2, 0.25) is 5.89 Å². The molecule has 0 saturated carbocycles. The molecule has 0 amide bonds. The fraction of sp³-hybridized carbons (Fsp3) is 0.800. The maximum atomic E-state index is 4.98. The molecule has 7 nitrogen and oxygen atoms in total. The van der Waals surface area contributed by atoms with Gasteiger partial charge in [-0.3, -0.25) is 4.99 Å². The van der Waals surface area contributed by atoms with Crippen LogP contribution >= 0.6 is 0 Å². The summed E-state index contributed by atoms with van der Waals surface area (Å²) in [5, 5.41) is 7.22. The predicted molar refractivity (Wildman–Crippen MR) is 86.7 cm³/mol. The van der Waals surface area contributed by atoms with E-state index >= 15 is 0 Å². The average Bonchev–Trinajstić information content (AvgIpc) is 3.15. The van der Waals surface area contributed by atoms with Gasteiger partial charge in [0.1, 0.15) is 0 Å². The van der Waals surface area contributed by atoms with Gasteiger partial charge in [0.05, 0.1) is 6.54 Å². The van der Waals surface area contributed by atoms with Crippen molar-refractivity contribution in [2.45, 2.75) is 33.7 Å². The first kappa shape index (κ1) is 16.7. The number of aliphatic imine (C=N–C) groups is 1. The van der Waals surface area contributed by atoms with Gasteiger partial charge >= 0.3 is 0 Å². The summed E-state index contributed by atoms with van der Waals surface area (Å²) < 4.78 is 4.98. The van der Waals surface area contributed by atoms with Crippen molar-refractivity contribution in [2.24, 2.45) is 10.9 Å². The lowest BCUT2D eigenvalue weighted by atomic mass is 10.1. The predicted octanol–water partition coefficient (Wildman–Crippen LogP) is 1.12. The standard InChI is InChI=1S/C15H28N6O/c1-5-20(6-2)10-13-7-8-21(11-13)15(16-4)17-9-14-18-12(3)22-19-14/h13H,5-11H2,1-4H3,(H,16,17). The van der Waals surface area contributed by atoms with Crippen molar-refractivity contribution in [3.05, 3.63) is 11.7 Å². The smallest absolute Gasteiger partial charge is 0.223 e. The second kappa shape index (κ2) is 8.12. The van der Waals surface area contributed by atoms with Gasteiger partial charge in [-0.25, -0.2) is 0 Å². The Morgan fingerprint density at radius 2 is 2.23 bits per heavy atom. The van der Waals surface area contributed by atoms with Crippen molar-refractivity contribution in [1.29, 1.82) is 0 Å². The molecular formula is C15H28N6O. The summed E-state index contributed by atoms with van der Waals surface area (Å²) >= 11 is 0. The summed E-state index contributed by atoms with van der Waals surface area (Å²) in [4.78, 5) is 13.4. The Balaban J connectivity index is 1.82. The second-order valence-corrected chi connectivity index (χ2v) is 5.72. The molecule has 1 atom stereocenters. The fourth-order valence-corrected chi connectivity index (χ4v) is 2.92. The number of rotatable bonds is 6. The van der Waals surface area contributed by atoms with Crippen LogP contribution in [0, 0.1) is 12.8 Å². The van der Waals surface area contributed by atoms with Gasteiger partial charge < -0.3 is 19.6 Å². The van der Waals surface area contributed by atoms with Crippen molar-refractivity contribution >= 4 is 5.96 Å². The quantitative estimate of drug-likeness (QED) is 0.627. The van der Waals surface area contributed by atoms with Crippen LogP contribution in [-0.2, 0) is 6.54 Å². The molecule has 0 aliphatic carbocycles. The number of nitrogens with zero attached hydrogens (tertiary/aromatic N) is 5. The molecule has 0 radical (unpaired) electrons. The molecule has 0 bridgehead atoms. The van der Waals surface area contributed by atoms with E-state index in [0.29, 0.717) is 24.2 Å². The highest BCUT2D eigenvalue weighted by Gasteiger charge is 2.26. The molecule has 22 heavy (non-hydrogen) atoms. The van der Waals surface area contributed by atoms with Crippen molar-refractivity contribution < 1.29 is 4.52 Å². The van der Waals surface area contributed by atoms with E-state index in [1.165, 1.54) is 13.0 Å². The monoisotopic (exact) mass is 308 g/mol. The molecule has 1 aromatic heterocycles. The lowest BCUT2D eigenvalue weighted by Gasteiger charge is -2.24. The first-order chi connectivity index (χ1) is 10.7. The summed E-state index contributed by atoms with van der Waals surface area (Å²) in [7, 11) is 1.82. The van der Waals surface area contributed by atoms with E-state index in [4.69, 9.17) is 4.52 Å². The maximum absolute atomic E-state index is 4.98. The number of nitrogens with one attached hydrogen (secondary N) is 1. The van der Waals surface area contributed by atoms with Crippen LogP contribution < -0.4 is 5.32 Å². The summed E-state index contributed by atoms with van der Waals surface area (Å²) in [5.74, 6) is 2.89.